The zero-order valence-corrected chi connectivity index (χ0v) is 15.1. The van der Waals surface area contributed by atoms with Crippen LogP contribution in [0, 0.1) is 6.92 Å². The molecule has 3 aromatic rings. The van der Waals surface area contributed by atoms with Crippen molar-refractivity contribution in [3.63, 3.8) is 0 Å². The highest BCUT2D eigenvalue weighted by molar-refractivity contribution is 6.40. The Labute approximate surface area is 149 Å². The molecule has 0 N–H and O–H groups in total. The second kappa shape index (κ2) is 6.16. The molecule has 0 aliphatic heterocycles. The van der Waals surface area contributed by atoms with Crippen molar-refractivity contribution in [2.75, 3.05) is 19.1 Å². The molecule has 6 heteroatoms. The Hall–Kier alpha value is -1.55. The summed E-state index contributed by atoms with van der Waals surface area (Å²) in [4.78, 5) is 1.85. The Balaban J connectivity index is 2.21. The van der Waals surface area contributed by atoms with Crippen LogP contribution in [-0.2, 0) is 0 Å². The molecule has 0 saturated carbocycles. The van der Waals surface area contributed by atoms with Gasteiger partial charge in [-0.15, -0.1) is 0 Å². The van der Waals surface area contributed by atoms with Gasteiger partial charge in [-0.3, -0.25) is 0 Å². The molecule has 120 valence electrons. The Bertz CT molecular complexity index is 889. The molecular formula is C17H14Cl3NO2. The lowest BCUT2D eigenvalue weighted by Gasteiger charge is -2.20. The predicted molar refractivity (Wildman–Crippen MR) is 97.0 cm³/mol. The van der Waals surface area contributed by atoms with E-state index in [1.165, 1.54) is 0 Å². The highest BCUT2D eigenvalue weighted by Gasteiger charge is 2.20. The molecule has 0 spiro atoms. The van der Waals surface area contributed by atoms with Crippen LogP contribution < -0.4 is 9.64 Å². The molecule has 0 fully saturated rings. The third-order valence-corrected chi connectivity index (χ3v) is 4.90. The number of benzene rings is 2. The van der Waals surface area contributed by atoms with Gasteiger partial charge in [0.15, 0.2) is 0 Å². The molecule has 0 amide bonds. The van der Waals surface area contributed by atoms with Crippen molar-refractivity contribution in [1.29, 1.82) is 0 Å². The molecule has 0 saturated heterocycles. The Kier molecular flexibility index (Phi) is 4.37. The maximum absolute atomic E-state index is 6.49. The maximum Gasteiger partial charge on any atom is 0.208 e. The van der Waals surface area contributed by atoms with Gasteiger partial charge in [-0.05, 0) is 36.8 Å². The van der Waals surface area contributed by atoms with Crippen LogP contribution in [0.3, 0.4) is 0 Å². The third kappa shape index (κ3) is 2.74. The molecule has 0 radical (unpaired) electrons. The van der Waals surface area contributed by atoms with Crippen LogP contribution in [0.5, 0.6) is 5.75 Å². The van der Waals surface area contributed by atoms with Gasteiger partial charge in [0.05, 0.1) is 23.2 Å². The summed E-state index contributed by atoms with van der Waals surface area (Å²) < 4.78 is 11.2. The Morgan fingerprint density at radius 1 is 1.13 bits per heavy atom. The van der Waals surface area contributed by atoms with E-state index >= 15 is 0 Å². The van der Waals surface area contributed by atoms with Crippen molar-refractivity contribution < 1.29 is 9.15 Å². The van der Waals surface area contributed by atoms with Crippen LogP contribution in [0.25, 0.3) is 10.8 Å². The van der Waals surface area contributed by atoms with Crippen molar-refractivity contribution in [2.24, 2.45) is 0 Å². The van der Waals surface area contributed by atoms with Crippen molar-refractivity contribution in [3.8, 4) is 5.75 Å². The molecular weight excluding hydrogens is 357 g/mol. The van der Waals surface area contributed by atoms with Gasteiger partial charge in [-0.2, -0.15) is 0 Å². The topological polar surface area (TPSA) is 25.6 Å². The first-order valence-corrected chi connectivity index (χ1v) is 8.00. The minimum Gasteiger partial charge on any atom is -0.495 e. The molecule has 3 nitrogen and oxygen atoms in total. The SMILES string of the molecule is COc1ccc(Cl)cc1N(C)c1occ2cc(Cl)c(C)c(Cl)c12. The molecule has 23 heavy (non-hydrogen) atoms. The number of fused-ring (bicyclic) bond motifs is 1. The van der Waals surface area contributed by atoms with Gasteiger partial charge in [0.1, 0.15) is 12.0 Å². The Morgan fingerprint density at radius 2 is 1.87 bits per heavy atom. The van der Waals surface area contributed by atoms with Gasteiger partial charge in [0.25, 0.3) is 0 Å². The van der Waals surface area contributed by atoms with E-state index in [9.17, 15) is 0 Å². The molecule has 0 unspecified atom stereocenters. The van der Waals surface area contributed by atoms with E-state index in [-0.39, 0.29) is 0 Å². The lowest BCUT2D eigenvalue weighted by molar-refractivity contribution is 0.415. The van der Waals surface area contributed by atoms with Crippen LogP contribution in [0.1, 0.15) is 5.56 Å². The van der Waals surface area contributed by atoms with E-state index in [0.717, 1.165) is 22.0 Å². The van der Waals surface area contributed by atoms with Crippen LogP contribution in [0.4, 0.5) is 11.6 Å². The van der Waals surface area contributed by atoms with E-state index in [2.05, 4.69) is 0 Å². The number of anilines is 2. The fraction of sp³-hybridized carbons (Fsp3) is 0.176. The third-order valence-electron chi connectivity index (χ3n) is 3.80. The standard InChI is InChI=1S/C17H14Cl3NO2/c1-9-12(19)6-10-8-23-17(15(10)16(9)20)21(2)13-7-11(18)4-5-14(13)22-3/h4-8H,1-3H3. The first kappa shape index (κ1) is 16.3. The van der Waals surface area contributed by atoms with Crippen molar-refractivity contribution in [1.82, 2.24) is 0 Å². The molecule has 0 atom stereocenters. The molecule has 2 aromatic carbocycles. The normalized spacial score (nSPS) is 11.0. The summed E-state index contributed by atoms with van der Waals surface area (Å²) in [6.07, 6.45) is 1.63. The second-order valence-corrected chi connectivity index (χ2v) is 6.40. The van der Waals surface area contributed by atoms with E-state index in [1.54, 1.807) is 19.4 Å². The van der Waals surface area contributed by atoms with E-state index in [0.29, 0.717) is 26.7 Å². The van der Waals surface area contributed by atoms with Gasteiger partial charge in [-0.1, -0.05) is 34.8 Å². The van der Waals surface area contributed by atoms with E-state index in [1.807, 2.05) is 37.1 Å². The summed E-state index contributed by atoms with van der Waals surface area (Å²) in [6.45, 7) is 1.88. The summed E-state index contributed by atoms with van der Waals surface area (Å²) in [7, 11) is 3.48. The smallest absolute Gasteiger partial charge is 0.208 e. The number of rotatable bonds is 3. The highest BCUT2D eigenvalue weighted by Crippen LogP contribution is 2.43. The summed E-state index contributed by atoms with van der Waals surface area (Å²) in [5, 5.41) is 3.43. The fourth-order valence-electron chi connectivity index (χ4n) is 2.51. The number of ether oxygens (including phenoxy) is 1. The number of methoxy groups -OCH3 is 1. The van der Waals surface area contributed by atoms with Gasteiger partial charge in [0.2, 0.25) is 5.88 Å². The zero-order valence-electron chi connectivity index (χ0n) is 12.8. The number of furan rings is 1. The zero-order chi connectivity index (χ0) is 16.7. The van der Waals surface area contributed by atoms with Crippen LogP contribution in [0.15, 0.2) is 34.9 Å². The van der Waals surface area contributed by atoms with Crippen LogP contribution in [0.2, 0.25) is 15.1 Å². The number of nitrogens with zero attached hydrogens (tertiary/aromatic N) is 1. The van der Waals surface area contributed by atoms with Crippen molar-refractivity contribution in [2.45, 2.75) is 6.92 Å². The Morgan fingerprint density at radius 3 is 2.57 bits per heavy atom. The predicted octanol–water partition coefficient (Wildman–Crippen LogP) is 6.48. The summed E-state index contributed by atoms with van der Waals surface area (Å²) in [5.41, 5.74) is 1.59. The number of halogens is 3. The molecule has 0 aliphatic carbocycles. The maximum atomic E-state index is 6.49. The lowest BCUT2D eigenvalue weighted by atomic mass is 10.1. The van der Waals surface area contributed by atoms with E-state index < -0.39 is 0 Å². The van der Waals surface area contributed by atoms with Gasteiger partial charge in [-0.25, -0.2) is 0 Å². The monoisotopic (exact) mass is 369 g/mol. The highest BCUT2D eigenvalue weighted by atomic mass is 35.5. The molecule has 0 aliphatic rings. The van der Waals surface area contributed by atoms with E-state index in [4.69, 9.17) is 44.0 Å². The summed E-state index contributed by atoms with van der Waals surface area (Å²) in [6, 6.07) is 7.23. The molecule has 1 heterocycles. The van der Waals surface area contributed by atoms with Crippen LogP contribution in [-0.4, -0.2) is 14.2 Å². The summed E-state index contributed by atoms with van der Waals surface area (Å²) in [5.74, 6) is 1.29. The first-order chi connectivity index (χ1) is 10.9. The number of hydrogen-bond donors (Lipinski definition) is 0. The van der Waals surface area contributed by atoms with Crippen LogP contribution >= 0.6 is 34.8 Å². The van der Waals surface area contributed by atoms with Gasteiger partial charge < -0.3 is 14.1 Å². The first-order valence-electron chi connectivity index (χ1n) is 6.87. The average molecular weight is 371 g/mol. The van der Waals surface area contributed by atoms with Crippen molar-refractivity contribution in [3.05, 3.63) is 51.2 Å². The largest absolute Gasteiger partial charge is 0.495 e. The summed E-state index contributed by atoms with van der Waals surface area (Å²) >= 11 is 18.8. The number of hydrogen-bond acceptors (Lipinski definition) is 3. The minimum atomic E-state index is 0.573. The fourth-order valence-corrected chi connectivity index (χ4v) is 3.22. The lowest BCUT2D eigenvalue weighted by Crippen LogP contribution is -2.10. The van der Waals surface area contributed by atoms with Crippen molar-refractivity contribution >= 4 is 57.1 Å². The van der Waals surface area contributed by atoms with Gasteiger partial charge in [0, 0.05) is 22.5 Å². The molecule has 0 bridgehead atoms. The average Bonchev–Trinajstić information content (AvgIpc) is 2.95. The second-order valence-electron chi connectivity index (χ2n) is 5.18. The molecule has 3 rings (SSSR count). The molecule has 1 aromatic heterocycles. The minimum absolute atomic E-state index is 0.573. The quantitative estimate of drug-likeness (QED) is 0.528. The van der Waals surface area contributed by atoms with Gasteiger partial charge >= 0.3 is 0 Å².